The molecule has 0 radical (unpaired) electrons. The lowest BCUT2D eigenvalue weighted by Gasteiger charge is -2.15. The lowest BCUT2D eigenvalue weighted by molar-refractivity contribution is -0.134. The molecule has 0 saturated carbocycles. The SMILES string of the molecule is COC(=O)/C=C/[C@H](C)[C@H](O)c1ccccc1. The zero-order valence-electron chi connectivity index (χ0n) is 9.46. The van der Waals surface area contributed by atoms with Crippen LogP contribution in [0.4, 0.5) is 0 Å². The molecule has 0 aliphatic rings. The predicted molar refractivity (Wildman–Crippen MR) is 61.7 cm³/mol. The van der Waals surface area contributed by atoms with E-state index in [-0.39, 0.29) is 5.92 Å². The van der Waals surface area contributed by atoms with Crippen LogP contribution in [0.1, 0.15) is 18.6 Å². The summed E-state index contributed by atoms with van der Waals surface area (Å²) in [7, 11) is 1.32. The van der Waals surface area contributed by atoms with Crippen molar-refractivity contribution in [3.05, 3.63) is 48.0 Å². The third kappa shape index (κ3) is 3.51. The topological polar surface area (TPSA) is 46.5 Å². The number of carbonyl (C=O) groups is 1. The summed E-state index contributed by atoms with van der Waals surface area (Å²) >= 11 is 0. The smallest absolute Gasteiger partial charge is 0.330 e. The van der Waals surface area contributed by atoms with Crippen molar-refractivity contribution in [2.24, 2.45) is 5.92 Å². The summed E-state index contributed by atoms with van der Waals surface area (Å²) in [6, 6.07) is 9.34. The van der Waals surface area contributed by atoms with Gasteiger partial charge < -0.3 is 9.84 Å². The van der Waals surface area contributed by atoms with Crippen molar-refractivity contribution in [3.63, 3.8) is 0 Å². The number of methoxy groups -OCH3 is 1. The van der Waals surface area contributed by atoms with Crippen molar-refractivity contribution < 1.29 is 14.6 Å². The number of benzene rings is 1. The first-order chi connectivity index (χ1) is 7.65. The van der Waals surface area contributed by atoms with Gasteiger partial charge >= 0.3 is 5.97 Å². The van der Waals surface area contributed by atoms with Crippen molar-refractivity contribution in [3.8, 4) is 0 Å². The fourth-order valence-electron chi connectivity index (χ4n) is 1.36. The van der Waals surface area contributed by atoms with E-state index in [9.17, 15) is 9.90 Å². The summed E-state index contributed by atoms with van der Waals surface area (Å²) in [4.78, 5) is 10.9. The Morgan fingerprint density at radius 1 is 1.38 bits per heavy atom. The zero-order chi connectivity index (χ0) is 12.0. The Kier molecular flexibility index (Phi) is 4.73. The Morgan fingerprint density at radius 2 is 2.00 bits per heavy atom. The lowest BCUT2D eigenvalue weighted by atomic mass is 9.97. The van der Waals surface area contributed by atoms with Crippen molar-refractivity contribution in [1.82, 2.24) is 0 Å². The highest BCUT2D eigenvalue weighted by atomic mass is 16.5. The third-order valence-corrected chi connectivity index (χ3v) is 2.38. The van der Waals surface area contributed by atoms with Gasteiger partial charge in [-0.05, 0) is 5.56 Å². The molecule has 0 bridgehead atoms. The maximum absolute atomic E-state index is 10.9. The number of aliphatic hydroxyl groups is 1. The molecule has 0 saturated heterocycles. The molecule has 1 N–H and O–H groups in total. The summed E-state index contributed by atoms with van der Waals surface area (Å²) in [5.41, 5.74) is 0.838. The average Bonchev–Trinajstić information content (AvgIpc) is 2.35. The molecular weight excluding hydrogens is 204 g/mol. The zero-order valence-corrected chi connectivity index (χ0v) is 9.46. The summed E-state index contributed by atoms with van der Waals surface area (Å²) in [6.07, 6.45) is 2.36. The van der Waals surface area contributed by atoms with Gasteiger partial charge in [0.2, 0.25) is 0 Å². The standard InChI is InChI=1S/C13H16O3/c1-10(8-9-12(14)16-2)13(15)11-6-4-3-5-7-11/h3-10,13,15H,1-2H3/b9-8+/t10-,13-/m0/s1. The number of hydrogen-bond donors (Lipinski definition) is 1. The van der Waals surface area contributed by atoms with Gasteiger partial charge in [-0.1, -0.05) is 43.3 Å². The van der Waals surface area contributed by atoms with E-state index in [4.69, 9.17) is 0 Å². The van der Waals surface area contributed by atoms with Crippen molar-refractivity contribution in [2.45, 2.75) is 13.0 Å². The van der Waals surface area contributed by atoms with Crippen LogP contribution in [0.25, 0.3) is 0 Å². The Balaban J connectivity index is 2.64. The second kappa shape index (κ2) is 6.08. The van der Waals surface area contributed by atoms with Gasteiger partial charge in [-0.25, -0.2) is 4.79 Å². The van der Waals surface area contributed by atoms with Crippen LogP contribution in [0.3, 0.4) is 0 Å². The van der Waals surface area contributed by atoms with Gasteiger partial charge in [0, 0.05) is 12.0 Å². The minimum absolute atomic E-state index is 0.138. The molecule has 0 unspecified atom stereocenters. The van der Waals surface area contributed by atoms with E-state index in [0.717, 1.165) is 5.56 Å². The molecule has 1 aromatic carbocycles. The highest BCUT2D eigenvalue weighted by Gasteiger charge is 2.13. The number of ether oxygens (including phenoxy) is 1. The van der Waals surface area contributed by atoms with Crippen molar-refractivity contribution in [2.75, 3.05) is 7.11 Å². The monoisotopic (exact) mass is 220 g/mol. The molecule has 16 heavy (non-hydrogen) atoms. The molecule has 0 heterocycles. The van der Waals surface area contributed by atoms with Gasteiger partial charge in [0.15, 0.2) is 0 Å². The summed E-state index contributed by atoms with van der Waals surface area (Å²) < 4.78 is 4.48. The van der Waals surface area contributed by atoms with Gasteiger partial charge in [0.1, 0.15) is 0 Å². The Morgan fingerprint density at radius 3 is 2.56 bits per heavy atom. The molecule has 0 aliphatic carbocycles. The van der Waals surface area contributed by atoms with Crippen LogP contribution in [-0.4, -0.2) is 18.2 Å². The minimum Gasteiger partial charge on any atom is -0.466 e. The van der Waals surface area contributed by atoms with E-state index in [1.165, 1.54) is 13.2 Å². The maximum atomic E-state index is 10.9. The number of hydrogen-bond acceptors (Lipinski definition) is 3. The molecule has 3 nitrogen and oxygen atoms in total. The number of rotatable bonds is 4. The van der Waals surface area contributed by atoms with Crippen LogP contribution in [-0.2, 0) is 9.53 Å². The molecule has 0 aliphatic heterocycles. The quantitative estimate of drug-likeness (QED) is 0.624. The molecule has 0 amide bonds. The second-order valence-corrected chi connectivity index (χ2v) is 3.60. The number of carbonyl (C=O) groups excluding carboxylic acids is 1. The molecule has 1 rings (SSSR count). The van der Waals surface area contributed by atoms with Crippen LogP contribution >= 0.6 is 0 Å². The summed E-state index contributed by atoms with van der Waals surface area (Å²) in [6.45, 7) is 1.84. The molecule has 0 aromatic heterocycles. The predicted octanol–water partition coefficient (Wildman–Crippen LogP) is 2.09. The first kappa shape index (κ1) is 12.5. The van der Waals surface area contributed by atoms with Crippen LogP contribution in [0.2, 0.25) is 0 Å². The van der Waals surface area contributed by atoms with Gasteiger partial charge in [0.05, 0.1) is 13.2 Å². The van der Waals surface area contributed by atoms with Gasteiger partial charge in [-0.2, -0.15) is 0 Å². The second-order valence-electron chi connectivity index (χ2n) is 3.60. The summed E-state index contributed by atoms with van der Waals surface area (Å²) in [5.74, 6) is -0.548. The maximum Gasteiger partial charge on any atom is 0.330 e. The molecule has 86 valence electrons. The first-order valence-electron chi connectivity index (χ1n) is 5.14. The first-order valence-corrected chi connectivity index (χ1v) is 5.14. The van der Waals surface area contributed by atoms with Crippen molar-refractivity contribution >= 4 is 5.97 Å². The van der Waals surface area contributed by atoms with E-state index >= 15 is 0 Å². The van der Waals surface area contributed by atoms with E-state index in [0.29, 0.717) is 0 Å². The van der Waals surface area contributed by atoms with Gasteiger partial charge in [-0.15, -0.1) is 0 Å². The molecule has 2 atom stereocenters. The van der Waals surface area contributed by atoms with Crippen LogP contribution < -0.4 is 0 Å². The third-order valence-electron chi connectivity index (χ3n) is 2.38. The lowest BCUT2D eigenvalue weighted by Crippen LogP contribution is -2.07. The Labute approximate surface area is 95.4 Å². The van der Waals surface area contributed by atoms with Crippen LogP contribution in [0.15, 0.2) is 42.5 Å². The van der Waals surface area contributed by atoms with E-state index < -0.39 is 12.1 Å². The fourth-order valence-corrected chi connectivity index (χ4v) is 1.36. The largest absolute Gasteiger partial charge is 0.466 e. The molecular formula is C13H16O3. The number of esters is 1. The van der Waals surface area contributed by atoms with Crippen LogP contribution in [0.5, 0.6) is 0 Å². The molecule has 1 aromatic rings. The van der Waals surface area contributed by atoms with Crippen LogP contribution in [0, 0.1) is 5.92 Å². The van der Waals surface area contributed by atoms with E-state index in [1.54, 1.807) is 6.08 Å². The molecule has 3 heteroatoms. The highest BCUT2D eigenvalue weighted by Crippen LogP contribution is 2.22. The van der Waals surface area contributed by atoms with Gasteiger partial charge in [0.25, 0.3) is 0 Å². The summed E-state index contributed by atoms with van der Waals surface area (Å²) in [5, 5.41) is 9.97. The number of aliphatic hydroxyl groups excluding tert-OH is 1. The minimum atomic E-state index is -0.609. The molecule has 0 spiro atoms. The fraction of sp³-hybridized carbons (Fsp3) is 0.308. The average molecular weight is 220 g/mol. The van der Waals surface area contributed by atoms with E-state index in [1.807, 2.05) is 37.3 Å². The Hall–Kier alpha value is -1.61. The molecule has 0 fully saturated rings. The van der Waals surface area contributed by atoms with Crippen molar-refractivity contribution in [1.29, 1.82) is 0 Å². The normalized spacial score (nSPS) is 14.7. The highest BCUT2D eigenvalue weighted by molar-refractivity contribution is 5.81. The van der Waals surface area contributed by atoms with E-state index in [2.05, 4.69) is 4.74 Å². The Bertz CT molecular complexity index is 357. The van der Waals surface area contributed by atoms with Gasteiger partial charge in [-0.3, -0.25) is 0 Å².